The largest absolute Gasteiger partial charge is 0.347 e. The summed E-state index contributed by atoms with van der Waals surface area (Å²) in [5.41, 5.74) is 0.537. The van der Waals surface area contributed by atoms with Gasteiger partial charge in [-0.1, -0.05) is 6.07 Å². The third kappa shape index (κ3) is 2.40. The Balaban J connectivity index is 2.19. The van der Waals surface area contributed by atoms with Gasteiger partial charge in [-0.15, -0.1) is 0 Å². The fraction of sp³-hybridized carbons (Fsp3) is 0.364. The zero-order valence-corrected chi connectivity index (χ0v) is 9.73. The van der Waals surface area contributed by atoms with Crippen LogP contribution in [0.25, 0.3) is 0 Å². The van der Waals surface area contributed by atoms with Crippen molar-refractivity contribution in [2.24, 2.45) is 0 Å². The molecule has 86 valence electrons. The van der Waals surface area contributed by atoms with Crippen LogP contribution in [-0.4, -0.2) is 33.7 Å². The van der Waals surface area contributed by atoms with E-state index in [9.17, 15) is 4.79 Å². The monoisotopic (exact) mass is 239 g/mol. The van der Waals surface area contributed by atoms with Gasteiger partial charge < -0.3 is 14.7 Å². The number of hydrogen-bond donors (Lipinski definition) is 2. The summed E-state index contributed by atoms with van der Waals surface area (Å²) in [6.07, 6.45) is 2.11. The van der Waals surface area contributed by atoms with Crippen LogP contribution < -0.4 is 5.30 Å². The Morgan fingerprint density at radius 1 is 1.25 bits per heavy atom. The van der Waals surface area contributed by atoms with Crippen molar-refractivity contribution >= 4 is 19.6 Å². The van der Waals surface area contributed by atoms with E-state index in [2.05, 4.69) is 0 Å². The highest BCUT2D eigenvalue weighted by molar-refractivity contribution is 7.54. The Kier molecular flexibility index (Phi) is 3.54. The maximum absolute atomic E-state index is 12.0. The second-order valence-corrected chi connectivity index (χ2v) is 4.93. The number of carbonyl (C=O) groups excluding carboxylic acids is 1. The van der Waals surface area contributed by atoms with Crippen molar-refractivity contribution in [3.8, 4) is 0 Å². The van der Waals surface area contributed by atoms with Crippen molar-refractivity contribution in [1.82, 2.24) is 4.90 Å². The summed E-state index contributed by atoms with van der Waals surface area (Å²) in [4.78, 5) is 32.0. The predicted molar refractivity (Wildman–Crippen MR) is 62.6 cm³/mol. The summed E-state index contributed by atoms with van der Waals surface area (Å²) in [6.45, 7) is 1.60. The molecule has 1 saturated heterocycles. The van der Waals surface area contributed by atoms with Gasteiger partial charge in [-0.2, -0.15) is 0 Å². The average molecular weight is 239 g/mol. The highest BCUT2D eigenvalue weighted by Gasteiger charge is 2.20. The van der Waals surface area contributed by atoms with Crippen LogP contribution >= 0.6 is 8.38 Å². The van der Waals surface area contributed by atoms with Crippen molar-refractivity contribution < 1.29 is 14.6 Å². The molecule has 2 rings (SSSR count). The molecule has 1 aliphatic rings. The van der Waals surface area contributed by atoms with Crippen LogP contribution in [0.2, 0.25) is 0 Å². The number of nitrogens with zero attached hydrogens (tertiary/aromatic N) is 1. The smallest absolute Gasteiger partial charge is 0.253 e. The van der Waals surface area contributed by atoms with E-state index < -0.39 is 8.38 Å². The zero-order chi connectivity index (χ0) is 11.5. The number of likely N-dealkylation sites (tertiary alicyclic amines) is 1. The molecule has 0 unspecified atom stereocenters. The van der Waals surface area contributed by atoms with Crippen LogP contribution in [0.1, 0.15) is 23.2 Å². The molecule has 1 amide bonds. The summed E-state index contributed by atoms with van der Waals surface area (Å²) in [5, 5.41) is 0.417. The zero-order valence-electron chi connectivity index (χ0n) is 8.83. The molecular formula is C11H14NO3P. The number of amides is 1. The topological polar surface area (TPSA) is 60.8 Å². The molecule has 0 atom stereocenters. The molecule has 16 heavy (non-hydrogen) atoms. The summed E-state index contributed by atoms with van der Waals surface area (Å²) in [6, 6.07) is 6.57. The normalized spacial score (nSPS) is 15.8. The van der Waals surface area contributed by atoms with E-state index in [0.717, 1.165) is 25.9 Å². The minimum atomic E-state index is -2.12. The molecule has 1 fully saturated rings. The van der Waals surface area contributed by atoms with Gasteiger partial charge in [0.25, 0.3) is 5.91 Å². The second kappa shape index (κ2) is 4.91. The molecule has 1 aromatic carbocycles. The Hall–Kier alpha value is -0.960. The summed E-state index contributed by atoms with van der Waals surface area (Å²) in [5.74, 6) is -0.0174. The Bertz CT molecular complexity index is 389. The number of hydrogen-bond acceptors (Lipinski definition) is 3. The average Bonchev–Trinajstić information content (AvgIpc) is 2.81. The molecule has 0 spiro atoms. The van der Waals surface area contributed by atoms with Crippen molar-refractivity contribution in [2.75, 3.05) is 13.1 Å². The molecular weight excluding hydrogens is 225 g/mol. The standard InChI is InChI=1S/C11H14NO3P/c13-11(12-6-1-2-7-12)9-4-3-5-10(8-9)16(14)15/h3-5,8,14-15H,1-2,6-7H2. The molecule has 0 saturated carbocycles. The molecule has 1 aliphatic heterocycles. The third-order valence-electron chi connectivity index (χ3n) is 2.72. The van der Waals surface area contributed by atoms with Crippen LogP contribution in [-0.2, 0) is 0 Å². The summed E-state index contributed by atoms with van der Waals surface area (Å²) < 4.78 is 0. The lowest BCUT2D eigenvalue weighted by Gasteiger charge is -2.15. The molecule has 0 radical (unpaired) electrons. The van der Waals surface area contributed by atoms with Gasteiger partial charge >= 0.3 is 0 Å². The van der Waals surface area contributed by atoms with E-state index in [-0.39, 0.29) is 5.91 Å². The number of carbonyl (C=O) groups is 1. The predicted octanol–water partition coefficient (Wildman–Crippen LogP) is 0.844. The minimum Gasteiger partial charge on any atom is -0.347 e. The molecule has 0 aliphatic carbocycles. The maximum atomic E-state index is 12.0. The van der Waals surface area contributed by atoms with Gasteiger partial charge in [-0.25, -0.2) is 0 Å². The lowest BCUT2D eigenvalue weighted by Crippen LogP contribution is -2.28. The SMILES string of the molecule is O=C(c1cccc(P(O)O)c1)N1CCCC1. The van der Waals surface area contributed by atoms with Crippen LogP contribution in [0, 0.1) is 0 Å². The van der Waals surface area contributed by atoms with Gasteiger partial charge in [-0.3, -0.25) is 4.79 Å². The lowest BCUT2D eigenvalue weighted by atomic mass is 10.2. The van der Waals surface area contributed by atoms with Crippen LogP contribution in [0.3, 0.4) is 0 Å². The van der Waals surface area contributed by atoms with Crippen LogP contribution in [0.4, 0.5) is 0 Å². The quantitative estimate of drug-likeness (QED) is 0.752. The van der Waals surface area contributed by atoms with Gasteiger partial charge in [0.2, 0.25) is 0 Å². The summed E-state index contributed by atoms with van der Waals surface area (Å²) >= 11 is 0. The first kappa shape index (κ1) is 11.5. The molecule has 1 aromatic rings. The minimum absolute atomic E-state index is 0.0174. The van der Waals surface area contributed by atoms with E-state index in [1.54, 1.807) is 29.2 Å². The van der Waals surface area contributed by atoms with Gasteiger partial charge in [0.1, 0.15) is 0 Å². The van der Waals surface area contributed by atoms with Crippen LogP contribution in [0.15, 0.2) is 24.3 Å². The Morgan fingerprint density at radius 3 is 2.56 bits per heavy atom. The highest BCUT2D eigenvalue weighted by Crippen LogP contribution is 2.22. The molecule has 1 heterocycles. The van der Waals surface area contributed by atoms with Crippen molar-refractivity contribution in [3.63, 3.8) is 0 Å². The van der Waals surface area contributed by atoms with Gasteiger partial charge in [0, 0.05) is 24.0 Å². The maximum Gasteiger partial charge on any atom is 0.253 e. The van der Waals surface area contributed by atoms with Crippen molar-refractivity contribution in [3.05, 3.63) is 29.8 Å². The van der Waals surface area contributed by atoms with Gasteiger partial charge in [0.05, 0.1) is 0 Å². The fourth-order valence-electron chi connectivity index (χ4n) is 1.87. The Morgan fingerprint density at radius 2 is 1.94 bits per heavy atom. The lowest BCUT2D eigenvalue weighted by molar-refractivity contribution is 0.0793. The molecule has 4 nitrogen and oxygen atoms in total. The third-order valence-corrected chi connectivity index (χ3v) is 3.46. The van der Waals surface area contributed by atoms with E-state index in [1.807, 2.05) is 0 Å². The molecule has 5 heteroatoms. The van der Waals surface area contributed by atoms with Crippen LogP contribution in [0.5, 0.6) is 0 Å². The second-order valence-electron chi connectivity index (χ2n) is 3.84. The molecule has 0 bridgehead atoms. The molecule has 0 aromatic heterocycles. The van der Waals surface area contributed by atoms with Crippen molar-refractivity contribution in [1.29, 1.82) is 0 Å². The molecule has 2 N–H and O–H groups in total. The van der Waals surface area contributed by atoms with Gasteiger partial charge in [0.15, 0.2) is 8.38 Å². The van der Waals surface area contributed by atoms with E-state index in [0.29, 0.717) is 10.9 Å². The first-order valence-electron chi connectivity index (χ1n) is 5.26. The van der Waals surface area contributed by atoms with E-state index in [4.69, 9.17) is 9.79 Å². The summed E-state index contributed by atoms with van der Waals surface area (Å²) in [7, 11) is -2.12. The Labute approximate surface area is 95.4 Å². The highest BCUT2D eigenvalue weighted by atomic mass is 31.2. The number of rotatable bonds is 2. The van der Waals surface area contributed by atoms with E-state index in [1.165, 1.54) is 0 Å². The van der Waals surface area contributed by atoms with Crippen molar-refractivity contribution in [2.45, 2.75) is 12.8 Å². The fourth-order valence-corrected chi connectivity index (χ4v) is 2.34. The van der Waals surface area contributed by atoms with E-state index >= 15 is 0 Å². The first-order valence-corrected chi connectivity index (χ1v) is 6.50. The number of benzene rings is 1. The first-order chi connectivity index (χ1) is 7.68. The van der Waals surface area contributed by atoms with Gasteiger partial charge in [-0.05, 0) is 31.0 Å².